The Kier molecular flexibility index (Phi) is 2.89. The highest BCUT2D eigenvalue weighted by Gasteiger charge is 2.59. The lowest BCUT2D eigenvalue weighted by atomic mass is 9.84. The molecule has 1 amide bonds. The van der Waals surface area contributed by atoms with Crippen molar-refractivity contribution in [1.82, 2.24) is 5.32 Å². The van der Waals surface area contributed by atoms with Crippen LogP contribution in [0.15, 0.2) is 0 Å². The van der Waals surface area contributed by atoms with Gasteiger partial charge in [-0.1, -0.05) is 12.8 Å². The quantitative estimate of drug-likeness (QED) is 0.756. The van der Waals surface area contributed by atoms with E-state index in [-0.39, 0.29) is 17.2 Å². The third-order valence-corrected chi connectivity index (χ3v) is 3.79. The molecule has 4 nitrogen and oxygen atoms in total. The molecule has 0 spiro atoms. The number of epoxide rings is 1. The van der Waals surface area contributed by atoms with Gasteiger partial charge >= 0.3 is 6.09 Å². The first-order chi connectivity index (χ1) is 7.77. The Labute approximate surface area is 103 Å². The van der Waals surface area contributed by atoms with Gasteiger partial charge in [-0.3, -0.25) is 0 Å². The smallest absolute Gasteiger partial charge is 0.408 e. The lowest BCUT2D eigenvalue weighted by Gasteiger charge is -2.35. The van der Waals surface area contributed by atoms with Crippen molar-refractivity contribution < 1.29 is 14.3 Å². The van der Waals surface area contributed by atoms with Gasteiger partial charge in [0.1, 0.15) is 11.2 Å². The topological polar surface area (TPSA) is 50.9 Å². The minimum Gasteiger partial charge on any atom is -0.444 e. The molecule has 0 aromatic carbocycles. The standard InChI is InChI=1S/C13H23NO3/c1-11(2,3)17-10(15)14-13(7-5-6-8-13)12(4)9-16-12/h5-9H2,1-4H3,(H,14,15). The molecule has 1 atom stereocenters. The minimum absolute atomic E-state index is 0.180. The van der Waals surface area contributed by atoms with Crippen molar-refractivity contribution in [2.24, 2.45) is 0 Å². The molecule has 0 aromatic rings. The molecular formula is C13H23NO3. The number of rotatable bonds is 2. The molecule has 1 N–H and O–H groups in total. The Morgan fingerprint density at radius 3 is 2.24 bits per heavy atom. The van der Waals surface area contributed by atoms with E-state index < -0.39 is 5.60 Å². The zero-order valence-electron chi connectivity index (χ0n) is 11.3. The minimum atomic E-state index is -0.449. The van der Waals surface area contributed by atoms with Crippen LogP contribution in [0.4, 0.5) is 4.79 Å². The number of hydrogen-bond donors (Lipinski definition) is 1. The van der Waals surface area contributed by atoms with Gasteiger partial charge in [-0.15, -0.1) is 0 Å². The fourth-order valence-electron chi connectivity index (χ4n) is 2.65. The summed E-state index contributed by atoms with van der Waals surface area (Å²) in [6, 6.07) is 0. The average molecular weight is 241 g/mol. The number of ether oxygens (including phenoxy) is 2. The number of hydrogen-bond acceptors (Lipinski definition) is 3. The summed E-state index contributed by atoms with van der Waals surface area (Å²) >= 11 is 0. The maximum Gasteiger partial charge on any atom is 0.408 e. The van der Waals surface area contributed by atoms with Crippen LogP contribution in [0.2, 0.25) is 0 Å². The normalized spacial score (nSPS) is 31.1. The van der Waals surface area contributed by atoms with E-state index in [0.717, 1.165) is 32.3 Å². The molecule has 0 bridgehead atoms. The summed E-state index contributed by atoms with van der Waals surface area (Å²) in [5.41, 5.74) is -0.842. The average Bonchev–Trinajstić information content (AvgIpc) is 2.74. The predicted octanol–water partition coefficient (Wildman–Crippen LogP) is 2.61. The lowest BCUT2D eigenvalue weighted by molar-refractivity contribution is 0.0384. The second-order valence-electron chi connectivity index (χ2n) is 6.44. The van der Waals surface area contributed by atoms with Crippen molar-refractivity contribution in [2.75, 3.05) is 6.61 Å². The molecule has 2 aliphatic rings. The predicted molar refractivity (Wildman–Crippen MR) is 64.9 cm³/mol. The van der Waals surface area contributed by atoms with E-state index in [1.807, 2.05) is 20.8 Å². The zero-order chi connectivity index (χ0) is 12.7. The molecule has 1 aliphatic carbocycles. The fourth-order valence-corrected chi connectivity index (χ4v) is 2.65. The van der Waals surface area contributed by atoms with Crippen LogP contribution in [0.1, 0.15) is 53.4 Å². The van der Waals surface area contributed by atoms with Crippen LogP contribution in [-0.4, -0.2) is 29.4 Å². The number of nitrogens with one attached hydrogen (secondary N) is 1. The number of alkyl carbamates (subject to hydrolysis) is 1. The highest BCUT2D eigenvalue weighted by molar-refractivity contribution is 5.69. The summed E-state index contributed by atoms with van der Waals surface area (Å²) in [6.07, 6.45) is 3.95. The van der Waals surface area contributed by atoms with Crippen molar-refractivity contribution in [3.63, 3.8) is 0 Å². The zero-order valence-corrected chi connectivity index (χ0v) is 11.3. The summed E-state index contributed by atoms with van der Waals surface area (Å²) < 4.78 is 10.9. The molecule has 1 saturated carbocycles. The second-order valence-corrected chi connectivity index (χ2v) is 6.44. The molecule has 2 fully saturated rings. The maximum atomic E-state index is 11.9. The van der Waals surface area contributed by atoms with E-state index in [4.69, 9.17) is 9.47 Å². The van der Waals surface area contributed by atoms with Crippen LogP contribution in [0.3, 0.4) is 0 Å². The van der Waals surface area contributed by atoms with Crippen molar-refractivity contribution in [1.29, 1.82) is 0 Å². The second kappa shape index (κ2) is 3.87. The van der Waals surface area contributed by atoms with Crippen molar-refractivity contribution in [3.8, 4) is 0 Å². The SMILES string of the molecule is CC(C)(C)OC(=O)NC1(C2(C)CO2)CCCC1. The Balaban J connectivity index is 2.02. The first kappa shape index (κ1) is 12.7. The van der Waals surface area contributed by atoms with Gasteiger partial charge in [0.15, 0.2) is 0 Å². The molecule has 98 valence electrons. The van der Waals surface area contributed by atoms with Crippen LogP contribution in [-0.2, 0) is 9.47 Å². The molecular weight excluding hydrogens is 218 g/mol. The van der Waals surface area contributed by atoms with Gasteiger partial charge in [0, 0.05) is 0 Å². The Morgan fingerprint density at radius 2 is 1.82 bits per heavy atom. The van der Waals surface area contributed by atoms with Crippen LogP contribution in [0.5, 0.6) is 0 Å². The molecule has 1 heterocycles. The molecule has 2 rings (SSSR count). The van der Waals surface area contributed by atoms with E-state index >= 15 is 0 Å². The van der Waals surface area contributed by atoms with Gasteiger partial charge in [0.25, 0.3) is 0 Å². The Hall–Kier alpha value is -0.770. The van der Waals surface area contributed by atoms with Crippen LogP contribution >= 0.6 is 0 Å². The highest BCUT2D eigenvalue weighted by atomic mass is 16.6. The van der Waals surface area contributed by atoms with Gasteiger partial charge < -0.3 is 14.8 Å². The van der Waals surface area contributed by atoms with Gasteiger partial charge in [-0.2, -0.15) is 0 Å². The van der Waals surface area contributed by atoms with Gasteiger partial charge in [-0.25, -0.2) is 4.79 Å². The van der Waals surface area contributed by atoms with Crippen molar-refractivity contribution in [2.45, 2.75) is 70.1 Å². The molecule has 0 radical (unpaired) electrons. The summed E-state index contributed by atoms with van der Waals surface area (Å²) in [6.45, 7) is 8.45. The summed E-state index contributed by atoms with van der Waals surface area (Å²) in [4.78, 5) is 11.9. The van der Waals surface area contributed by atoms with Crippen molar-refractivity contribution in [3.05, 3.63) is 0 Å². The van der Waals surface area contributed by atoms with E-state index in [1.54, 1.807) is 0 Å². The summed E-state index contributed by atoms with van der Waals surface area (Å²) in [5, 5.41) is 3.07. The number of carbonyl (C=O) groups is 1. The van der Waals surface area contributed by atoms with Crippen molar-refractivity contribution >= 4 is 6.09 Å². The highest BCUT2D eigenvalue weighted by Crippen LogP contribution is 2.47. The molecule has 4 heteroatoms. The summed E-state index contributed by atoms with van der Waals surface area (Å²) in [7, 11) is 0. The fraction of sp³-hybridized carbons (Fsp3) is 0.923. The lowest BCUT2D eigenvalue weighted by Crippen LogP contribution is -2.56. The van der Waals surface area contributed by atoms with E-state index in [2.05, 4.69) is 12.2 Å². The van der Waals surface area contributed by atoms with Crippen LogP contribution in [0, 0.1) is 0 Å². The molecule has 0 aromatic heterocycles. The van der Waals surface area contributed by atoms with E-state index in [1.165, 1.54) is 0 Å². The number of carbonyl (C=O) groups excluding carboxylic acids is 1. The Bertz CT molecular complexity index is 309. The number of amides is 1. The molecule has 1 aliphatic heterocycles. The molecule has 17 heavy (non-hydrogen) atoms. The third kappa shape index (κ3) is 2.57. The van der Waals surface area contributed by atoms with Crippen LogP contribution in [0.25, 0.3) is 0 Å². The monoisotopic (exact) mass is 241 g/mol. The van der Waals surface area contributed by atoms with E-state index in [0.29, 0.717) is 0 Å². The first-order valence-corrected chi connectivity index (χ1v) is 6.42. The van der Waals surface area contributed by atoms with Crippen LogP contribution < -0.4 is 5.32 Å². The summed E-state index contributed by atoms with van der Waals surface area (Å²) in [5.74, 6) is 0. The van der Waals surface area contributed by atoms with E-state index in [9.17, 15) is 4.79 Å². The van der Waals surface area contributed by atoms with Gasteiger partial charge in [0.2, 0.25) is 0 Å². The first-order valence-electron chi connectivity index (χ1n) is 6.42. The largest absolute Gasteiger partial charge is 0.444 e. The Morgan fingerprint density at radius 1 is 1.29 bits per heavy atom. The molecule has 1 unspecified atom stereocenters. The van der Waals surface area contributed by atoms with Gasteiger partial charge in [0.05, 0.1) is 12.1 Å². The maximum absolute atomic E-state index is 11.9. The third-order valence-electron chi connectivity index (χ3n) is 3.79. The van der Waals surface area contributed by atoms with Gasteiger partial charge in [-0.05, 0) is 40.5 Å². The molecule has 1 saturated heterocycles.